The quantitative estimate of drug-likeness (QED) is 0.0955. The Kier molecular flexibility index (Phi) is 18.8. The zero-order chi connectivity index (χ0) is 52.0. The van der Waals surface area contributed by atoms with Gasteiger partial charge in [0.15, 0.2) is 23.0 Å². The summed E-state index contributed by atoms with van der Waals surface area (Å²) in [5.41, 5.74) is 1.66. The van der Waals surface area contributed by atoms with Crippen LogP contribution in [0.1, 0.15) is 110 Å². The molecule has 0 spiro atoms. The van der Waals surface area contributed by atoms with Crippen molar-refractivity contribution in [2.45, 2.75) is 127 Å². The molecule has 26 nitrogen and oxygen atoms in total. The van der Waals surface area contributed by atoms with E-state index in [0.717, 1.165) is 51.4 Å². The minimum absolute atomic E-state index is 0.0115. The molecule has 2 aromatic rings. The third-order valence-electron chi connectivity index (χ3n) is 11.8. The molecule has 1 unspecified atom stereocenters. The smallest absolute Gasteiger partial charge is 0.475 e. The highest BCUT2D eigenvalue weighted by molar-refractivity contribution is 7.48. The van der Waals surface area contributed by atoms with Crippen molar-refractivity contribution in [1.82, 2.24) is 10.6 Å². The van der Waals surface area contributed by atoms with E-state index in [1.165, 1.54) is 31.1 Å². The van der Waals surface area contributed by atoms with Gasteiger partial charge < -0.3 is 84.7 Å². The van der Waals surface area contributed by atoms with Crippen LogP contribution in [-0.4, -0.2) is 142 Å². The number of carbonyl (C=O) groups is 2. The molecule has 71 heavy (non-hydrogen) atoms. The Balaban J connectivity index is 0.000000182. The van der Waals surface area contributed by atoms with Crippen LogP contribution in [0.4, 0.5) is 0 Å². The number of aliphatic hydroxyl groups is 4. The normalized spacial score (nSPS) is 27.2. The summed E-state index contributed by atoms with van der Waals surface area (Å²) in [6, 6.07) is 1.49. The third-order valence-corrected chi connectivity index (χ3v) is 13.9. The van der Waals surface area contributed by atoms with Crippen LogP contribution in [0.2, 0.25) is 0 Å². The number of hydrogen-bond donors (Lipinski definition) is 13. The first-order chi connectivity index (χ1) is 33.5. The van der Waals surface area contributed by atoms with Crippen molar-refractivity contribution in [2.75, 3.05) is 26.8 Å². The van der Waals surface area contributed by atoms with E-state index in [-0.39, 0.29) is 66.7 Å². The first kappa shape index (κ1) is 56.1. The van der Waals surface area contributed by atoms with Gasteiger partial charge in [0.25, 0.3) is 11.8 Å². The molecule has 9 rings (SSSR count). The number of nitrogens with one attached hydrogen (secondary N) is 2. The number of hydrogen-bond acceptors (Lipinski definition) is 19. The fourth-order valence-corrected chi connectivity index (χ4v) is 10.5. The Morgan fingerprint density at radius 1 is 0.634 bits per heavy atom. The van der Waals surface area contributed by atoms with Gasteiger partial charge in [-0.2, -0.15) is 0 Å². The van der Waals surface area contributed by atoms with Gasteiger partial charge in [-0.15, -0.1) is 0 Å². The fraction of sp³-hybridized carbons (Fsp3) is 0.571. The van der Waals surface area contributed by atoms with E-state index in [2.05, 4.69) is 29.0 Å². The van der Waals surface area contributed by atoms with Gasteiger partial charge in [0.05, 0.1) is 36.4 Å². The van der Waals surface area contributed by atoms with E-state index >= 15 is 0 Å². The topological polar surface area (TPSA) is 406 Å². The number of aliphatic hydroxyl groups excluding tert-OH is 4. The van der Waals surface area contributed by atoms with Crippen molar-refractivity contribution in [1.29, 1.82) is 0 Å². The summed E-state index contributed by atoms with van der Waals surface area (Å²) < 4.78 is 74.0. The van der Waals surface area contributed by atoms with Crippen molar-refractivity contribution >= 4 is 46.4 Å². The molecule has 5 aliphatic heterocycles. The van der Waals surface area contributed by atoms with Crippen molar-refractivity contribution in [3.63, 3.8) is 0 Å². The maximum absolute atomic E-state index is 13.0. The van der Waals surface area contributed by atoms with Crippen molar-refractivity contribution < 1.29 is 115 Å². The first-order valence-corrected chi connectivity index (χ1v) is 27.2. The zero-order valence-corrected chi connectivity index (χ0v) is 41.1. The maximum atomic E-state index is 13.0. The SMILES string of the molecule is CCCCCCCOP(=O)(O)O.CCCCCCCOP1(=O)O[C@@H]2[C@H](O1)[C@@H](O)C=C1c3cc4c(c(O)c3C(=O)N[C@H]12)OCO4.O=C1N[C@@H]2C(=C[C@H](O)[C@@H](O)[C@H]2O)c2cc3c(c(O)c21)OCO3.O=P(O)(O)O. The van der Waals surface area contributed by atoms with Gasteiger partial charge in [0.1, 0.15) is 36.6 Å². The highest BCUT2D eigenvalue weighted by Gasteiger charge is 2.57. The molecule has 13 N–H and O–H groups in total. The summed E-state index contributed by atoms with van der Waals surface area (Å²) in [7, 11) is -12.8. The van der Waals surface area contributed by atoms with Gasteiger partial charge >= 0.3 is 23.5 Å². The van der Waals surface area contributed by atoms with Crippen LogP contribution in [0.25, 0.3) is 11.1 Å². The second kappa shape index (κ2) is 23.8. The number of rotatable bonds is 14. The fourth-order valence-electron chi connectivity index (χ4n) is 8.54. The molecule has 2 aliphatic carbocycles. The first-order valence-electron chi connectivity index (χ1n) is 22.7. The highest BCUT2D eigenvalue weighted by atomic mass is 31.2. The minimum Gasteiger partial charge on any atom is -0.504 e. The predicted molar refractivity (Wildman–Crippen MR) is 244 cm³/mol. The Bertz CT molecular complexity index is 2470. The van der Waals surface area contributed by atoms with E-state index < -0.39 is 84.0 Å². The van der Waals surface area contributed by atoms with Crippen molar-refractivity contribution in [2.24, 2.45) is 0 Å². The number of aromatic hydroxyl groups is 2. The summed E-state index contributed by atoms with van der Waals surface area (Å²) in [6.07, 6.45) is 5.95. The largest absolute Gasteiger partial charge is 0.504 e. The number of fused-ring (bicyclic) bond motifs is 10. The molecule has 396 valence electrons. The van der Waals surface area contributed by atoms with Gasteiger partial charge in [-0.25, -0.2) is 13.7 Å². The Morgan fingerprint density at radius 3 is 1.59 bits per heavy atom. The average molecular weight is 1070 g/mol. The lowest BCUT2D eigenvalue weighted by molar-refractivity contribution is -0.0535. The molecule has 1 saturated heterocycles. The van der Waals surface area contributed by atoms with Crippen LogP contribution in [-0.2, 0) is 31.8 Å². The molecule has 29 heteroatoms. The number of phosphoric acid groups is 3. The lowest BCUT2D eigenvalue weighted by Crippen LogP contribution is -2.57. The number of ether oxygens (including phenoxy) is 4. The van der Waals surface area contributed by atoms with Gasteiger partial charge in [0, 0.05) is 11.1 Å². The molecule has 0 radical (unpaired) electrons. The Hall–Kier alpha value is -4.17. The van der Waals surface area contributed by atoms with Crippen molar-refractivity contribution in [3.05, 3.63) is 46.5 Å². The summed E-state index contributed by atoms with van der Waals surface area (Å²) in [5, 5.41) is 66.4. The zero-order valence-electron chi connectivity index (χ0n) is 38.4. The lowest BCUT2D eigenvalue weighted by atomic mass is 9.79. The Morgan fingerprint density at radius 2 is 1.08 bits per heavy atom. The predicted octanol–water partition coefficient (Wildman–Crippen LogP) is 2.72. The summed E-state index contributed by atoms with van der Waals surface area (Å²) >= 11 is 0. The van der Waals surface area contributed by atoms with E-state index in [1.54, 1.807) is 6.07 Å². The molecule has 7 aliphatic rings. The molecule has 0 saturated carbocycles. The van der Waals surface area contributed by atoms with Gasteiger partial charge in [-0.3, -0.25) is 27.7 Å². The molecule has 2 aromatic carbocycles. The number of unbranched alkanes of at least 4 members (excludes halogenated alkanes) is 8. The number of carbonyl (C=O) groups excluding carboxylic acids is 2. The van der Waals surface area contributed by atoms with E-state index in [9.17, 15) is 49.4 Å². The van der Waals surface area contributed by atoms with Crippen LogP contribution in [0, 0.1) is 0 Å². The number of phenolic OH excluding ortho intramolecular Hbond substituents is 2. The number of phosphoric ester groups is 2. The molecule has 2 amide bonds. The van der Waals surface area contributed by atoms with Crippen LogP contribution in [0.5, 0.6) is 34.5 Å². The van der Waals surface area contributed by atoms with E-state index in [0.29, 0.717) is 28.0 Å². The third kappa shape index (κ3) is 13.7. The van der Waals surface area contributed by atoms with Crippen LogP contribution < -0.4 is 29.6 Å². The van der Waals surface area contributed by atoms with E-state index in [1.807, 2.05) is 0 Å². The molecule has 9 atom stereocenters. The number of phenols is 2. The molecule has 0 bridgehead atoms. The van der Waals surface area contributed by atoms with Gasteiger partial charge in [-0.1, -0.05) is 65.2 Å². The minimum atomic E-state index is -4.64. The van der Waals surface area contributed by atoms with Crippen molar-refractivity contribution in [3.8, 4) is 34.5 Å². The molecular formula is C42H59N2O24P3. The molecule has 0 aromatic heterocycles. The Labute approximate surface area is 406 Å². The van der Waals surface area contributed by atoms with E-state index in [4.69, 9.17) is 61.6 Å². The monoisotopic (exact) mass is 1070 g/mol. The standard InChI is InChI=1S/C21H26NO9P.C14H13NO7.C7H17O4P.H3O4P/c1-2-3-4-5-6-7-29-32(26)30-18-13(23)8-12-11-9-14-19(28-10-27-14)17(24)15(11)21(25)22-16(12)20(18)31-32;16-6-1-5-4-2-7-13(22-3-21-7)11(18)8(4)14(20)15-9(5)12(19)10(6)17;1-2-3-4-5-6-7-11-12(8,9)10;1-5(2,3)4/h8-9,13,16,18,20,23-24H,2-7,10H2,1H3,(H,22,25);1-2,6,9-10,12,16-19H,3H2,(H,15,20);2-7H2,1H3,(H2,8,9,10);(H3,1,2,3,4)/t13-,16+,18+,20-,32?;6-,9+,10+,12-;;/m00../s1. The number of benzene rings is 2. The summed E-state index contributed by atoms with van der Waals surface area (Å²) in [4.78, 5) is 63.3. The number of amides is 2. The molecule has 1 fully saturated rings. The van der Waals surface area contributed by atoms with Crippen LogP contribution in [0.3, 0.4) is 0 Å². The van der Waals surface area contributed by atoms with Crippen LogP contribution in [0.15, 0.2) is 24.3 Å². The second-order valence-electron chi connectivity index (χ2n) is 17.0. The average Bonchev–Trinajstić information content (AvgIpc) is 4.06. The molecule has 5 heterocycles. The maximum Gasteiger partial charge on any atom is 0.475 e. The highest BCUT2D eigenvalue weighted by Crippen LogP contribution is 2.61. The summed E-state index contributed by atoms with van der Waals surface area (Å²) in [5.74, 6) is -1.06. The van der Waals surface area contributed by atoms with Crippen LogP contribution >= 0.6 is 23.5 Å². The van der Waals surface area contributed by atoms with Gasteiger partial charge in [0.2, 0.25) is 25.1 Å². The second-order valence-corrected chi connectivity index (χ2v) is 20.8. The summed E-state index contributed by atoms with van der Waals surface area (Å²) in [6.45, 7) is 4.48. The van der Waals surface area contributed by atoms with Gasteiger partial charge in [-0.05, 0) is 48.3 Å². The lowest BCUT2D eigenvalue weighted by Gasteiger charge is -2.39. The molecular weight excluding hydrogens is 1010 g/mol.